The fourth-order valence-corrected chi connectivity index (χ4v) is 3.05. The zero-order chi connectivity index (χ0) is 15.4. The number of nitrogens with zero attached hydrogens (tertiary/aromatic N) is 2. The van der Waals surface area contributed by atoms with Crippen molar-refractivity contribution in [2.45, 2.75) is 18.9 Å². The first-order chi connectivity index (χ1) is 10.8. The second-order valence-electron chi connectivity index (χ2n) is 5.54. The Morgan fingerprint density at radius 1 is 1.09 bits per heavy atom. The van der Waals surface area contributed by atoms with E-state index in [1.165, 1.54) is 5.69 Å². The molecule has 3 nitrogen and oxygen atoms in total. The van der Waals surface area contributed by atoms with E-state index in [2.05, 4.69) is 40.6 Å². The SMILES string of the molecule is N#Cc1cc(Cl)ccc1NC1CCN(c2ccccc2)CC1. The number of para-hydroxylation sites is 1. The third-order valence-corrected chi connectivity index (χ3v) is 4.31. The van der Waals surface area contributed by atoms with E-state index in [0.717, 1.165) is 31.6 Å². The van der Waals surface area contributed by atoms with Gasteiger partial charge in [-0.1, -0.05) is 29.8 Å². The lowest BCUT2D eigenvalue weighted by Crippen LogP contribution is -2.39. The van der Waals surface area contributed by atoms with E-state index in [9.17, 15) is 5.26 Å². The largest absolute Gasteiger partial charge is 0.381 e. The normalized spacial score (nSPS) is 15.4. The van der Waals surface area contributed by atoms with Crippen LogP contribution >= 0.6 is 11.6 Å². The minimum Gasteiger partial charge on any atom is -0.381 e. The predicted molar refractivity (Wildman–Crippen MR) is 91.5 cm³/mol. The molecule has 4 heteroatoms. The number of nitriles is 1. The Morgan fingerprint density at radius 3 is 2.50 bits per heavy atom. The number of rotatable bonds is 3. The maximum atomic E-state index is 9.21. The van der Waals surface area contributed by atoms with Gasteiger partial charge in [0.25, 0.3) is 0 Å². The molecule has 0 aromatic heterocycles. The second-order valence-corrected chi connectivity index (χ2v) is 5.98. The summed E-state index contributed by atoms with van der Waals surface area (Å²) in [7, 11) is 0. The number of halogens is 1. The van der Waals surface area contributed by atoms with Crippen LogP contribution in [-0.2, 0) is 0 Å². The van der Waals surface area contributed by atoms with E-state index in [1.54, 1.807) is 6.07 Å². The van der Waals surface area contributed by atoms with Gasteiger partial charge in [-0.25, -0.2) is 0 Å². The van der Waals surface area contributed by atoms with Crippen LogP contribution in [-0.4, -0.2) is 19.1 Å². The molecule has 0 aliphatic carbocycles. The molecule has 1 N–H and O–H groups in total. The molecule has 1 saturated heterocycles. The van der Waals surface area contributed by atoms with Gasteiger partial charge in [0.15, 0.2) is 0 Å². The van der Waals surface area contributed by atoms with Crippen molar-refractivity contribution in [3.05, 3.63) is 59.1 Å². The summed E-state index contributed by atoms with van der Waals surface area (Å²) in [5, 5.41) is 13.3. The van der Waals surface area contributed by atoms with Crippen molar-refractivity contribution in [1.29, 1.82) is 5.26 Å². The number of piperidine rings is 1. The van der Waals surface area contributed by atoms with Gasteiger partial charge in [0.2, 0.25) is 0 Å². The van der Waals surface area contributed by atoms with Crippen LogP contribution in [0.3, 0.4) is 0 Å². The van der Waals surface area contributed by atoms with Gasteiger partial charge in [0.05, 0.1) is 11.3 Å². The first-order valence-electron chi connectivity index (χ1n) is 7.52. The standard InChI is InChI=1S/C18H18ClN3/c19-15-6-7-18(14(12-15)13-20)21-16-8-10-22(11-9-16)17-4-2-1-3-5-17/h1-7,12,16,21H,8-11H2. The van der Waals surface area contributed by atoms with Crippen molar-refractivity contribution in [2.24, 2.45) is 0 Å². The molecule has 1 aliphatic rings. The van der Waals surface area contributed by atoms with Crippen molar-refractivity contribution < 1.29 is 0 Å². The molecule has 3 rings (SSSR count). The molecule has 0 unspecified atom stereocenters. The predicted octanol–water partition coefficient (Wildman–Crippen LogP) is 4.29. The van der Waals surface area contributed by atoms with Crippen LogP contribution in [0, 0.1) is 11.3 Å². The third-order valence-electron chi connectivity index (χ3n) is 4.08. The van der Waals surface area contributed by atoms with Gasteiger partial charge < -0.3 is 10.2 Å². The summed E-state index contributed by atoms with van der Waals surface area (Å²) in [5.74, 6) is 0. The lowest BCUT2D eigenvalue weighted by atomic mass is 10.0. The topological polar surface area (TPSA) is 39.1 Å². The van der Waals surface area contributed by atoms with Gasteiger partial charge in [-0.15, -0.1) is 0 Å². The highest BCUT2D eigenvalue weighted by Gasteiger charge is 2.20. The molecular formula is C18H18ClN3. The molecule has 0 amide bonds. The van der Waals surface area contributed by atoms with Crippen LogP contribution in [0.15, 0.2) is 48.5 Å². The monoisotopic (exact) mass is 311 g/mol. The minimum atomic E-state index is 0.397. The maximum Gasteiger partial charge on any atom is 0.101 e. The summed E-state index contributed by atoms with van der Waals surface area (Å²) in [4.78, 5) is 2.41. The zero-order valence-corrected chi connectivity index (χ0v) is 13.1. The van der Waals surface area contributed by atoms with Crippen molar-refractivity contribution in [2.75, 3.05) is 23.3 Å². The number of benzene rings is 2. The van der Waals surface area contributed by atoms with Crippen LogP contribution in [0.1, 0.15) is 18.4 Å². The summed E-state index contributed by atoms with van der Waals surface area (Å²) >= 11 is 5.94. The molecule has 0 spiro atoms. The van der Waals surface area contributed by atoms with Crippen LogP contribution in [0.4, 0.5) is 11.4 Å². The van der Waals surface area contributed by atoms with Crippen LogP contribution in [0.2, 0.25) is 5.02 Å². The molecule has 1 aliphatic heterocycles. The molecule has 112 valence electrons. The van der Waals surface area contributed by atoms with Crippen molar-refractivity contribution in [1.82, 2.24) is 0 Å². The van der Waals surface area contributed by atoms with Gasteiger partial charge in [-0.3, -0.25) is 0 Å². The summed E-state index contributed by atoms with van der Waals surface area (Å²) in [6, 6.07) is 18.5. The van der Waals surface area contributed by atoms with E-state index in [1.807, 2.05) is 18.2 Å². The summed E-state index contributed by atoms with van der Waals surface area (Å²) in [5.41, 5.74) is 2.77. The molecule has 0 bridgehead atoms. The quantitative estimate of drug-likeness (QED) is 0.919. The van der Waals surface area contributed by atoms with E-state index >= 15 is 0 Å². The Morgan fingerprint density at radius 2 is 1.82 bits per heavy atom. The van der Waals surface area contributed by atoms with E-state index in [0.29, 0.717) is 16.6 Å². The fourth-order valence-electron chi connectivity index (χ4n) is 2.88. The van der Waals surface area contributed by atoms with Crippen molar-refractivity contribution in [3.63, 3.8) is 0 Å². The first-order valence-corrected chi connectivity index (χ1v) is 7.90. The highest BCUT2D eigenvalue weighted by Crippen LogP contribution is 2.25. The Kier molecular flexibility index (Phi) is 4.50. The molecule has 2 aromatic carbocycles. The highest BCUT2D eigenvalue weighted by atomic mass is 35.5. The van der Waals surface area contributed by atoms with Gasteiger partial charge >= 0.3 is 0 Å². The average Bonchev–Trinajstić information content (AvgIpc) is 2.58. The van der Waals surface area contributed by atoms with Crippen molar-refractivity contribution >= 4 is 23.0 Å². The summed E-state index contributed by atoms with van der Waals surface area (Å²) in [6.07, 6.45) is 2.12. The minimum absolute atomic E-state index is 0.397. The van der Waals surface area contributed by atoms with E-state index < -0.39 is 0 Å². The molecule has 0 atom stereocenters. The Bertz CT molecular complexity index is 670. The smallest absolute Gasteiger partial charge is 0.101 e. The van der Waals surface area contributed by atoms with Crippen LogP contribution in [0.5, 0.6) is 0 Å². The average molecular weight is 312 g/mol. The van der Waals surface area contributed by atoms with Crippen LogP contribution in [0.25, 0.3) is 0 Å². The fraction of sp³-hybridized carbons (Fsp3) is 0.278. The number of hydrogen-bond donors (Lipinski definition) is 1. The maximum absolute atomic E-state index is 9.21. The molecule has 22 heavy (non-hydrogen) atoms. The second kappa shape index (κ2) is 6.72. The zero-order valence-electron chi connectivity index (χ0n) is 12.3. The van der Waals surface area contributed by atoms with Crippen LogP contribution < -0.4 is 10.2 Å². The van der Waals surface area contributed by atoms with Gasteiger partial charge in [0, 0.05) is 29.8 Å². The molecule has 1 heterocycles. The van der Waals surface area contributed by atoms with Crippen molar-refractivity contribution in [3.8, 4) is 6.07 Å². The third kappa shape index (κ3) is 3.35. The Balaban J connectivity index is 1.62. The molecule has 0 saturated carbocycles. The number of nitrogens with one attached hydrogen (secondary N) is 1. The summed E-state index contributed by atoms with van der Waals surface area (Å²) in [6.45, 7) is 2.05. The summed E-state index contributed by atoms with van der Waals surface area (Å²) < 4.78 is 0. The lowest BCUT2D eigenvalue weighted by molar-refractivity contribution is 0.526. The molecular weight excluding hydrogens is 294 g/mol. The van der Waals surface area contributed by atoms with Gasteiger partial charge in [-0.2, -0.15) is 5.26 Å². The Labute approximate surface area is 136 Å². The molecule has 0 radical (unpaired) electrons. The van der Waals surface area contributed by atoms with Gasteiger partial charge in [0.1, 0.15) is 6.07 Å². The number of hydrogen-bond acceptors (Lipinski definition) is 3. The van der Waals surface area contributed by atoms with Gasteiger partial charge in [-0.05, 0) is 43.2 Å². The highest BCUT2D eigenvalue weighted by molar-refractivity contribution is 6.30. The molecule has 1 fully saturated rings. The molecule has 2 aromatic rings. The van der Waals surface area contributed by atoms with E-state index in [4.69, 9.17) is 11.6 Å². The van der Waals surface area contributed by atoms with E-state index in [-0.39, 0.29) is 0 Å². The Hall–Kier alpha value is -2.18. The first kappa shape index (κ1) is 14.7. The lowest BCUT2D eigenvalue weighted by Gasteiger charge is -2.34. The number of anilines is 2.